The Balaban J connectivity index is 1.50. The van der Waals surface area contributed by atoms with E-state index in [4.69, 9.17) is 14.0 Å². The minimum absolute atomic E-state index is 0.000768. The van der Waals surface area contributed by atoms with Crippen LogP contribution in [0.2, 0.25) is 0 Å². The van der Waals surface area contributed by atoms with Gasteiger partial charge in [0.15, 0.2) is 15.7 Å². The topological polar surface area (TPSA) is 112 Å². The Labute approximate surface area is 182 Å². The highest BCUT2D eigenvalue weighted by Crippen LogP contribution is 2.22. The molecule has 2 aromatic rings. The number of amides is 1. The zero-order valence-corrected chi connectivity index (χ0v) is 19.1. The van der Waals surface area contributed by atoms with Crippen molar-refractivity contribution < 1.29 is 27.2 Å². The third kappa shape index (κ3) is 6.27. The van der Waals surface area contributed by atoms with E-state index in [9.17, 15) is 13.2 Å². The largest absolute Gasteiger partial charge is 0.444 e. The van der Waals surface area contributed by atoms with Crippen LogP contribution >= 0.6 is 0 Å². The van der Waals surface area contributed by atoms with E-state index in [1.165, 1.54) is 12.1 Å². The summed E-state index contributed by atoms with van der Waals surface area (Å²) in [5, 5.41) is 3.93. The van der Waals surface area contributed by atoms with Gasteiger partial charge in [0.1, 0.15) is 12.2 Å². The molecular formula is C21H29N3O6S. The SMILES string of the molecule is CCS(=O)(=O)c1ccc(-c2nc(COC3CCN(C(=O)OC(C)(C)C)CC3)no2)cc1. The molecule has 0 N–H and O–H groups in total. The highest BCUT2D eigenvalue weighted by molar-refractivity contribution is 7.91. The lowest BCUT2D eigenvalue weighted by atomic mass is 10.1. The van der Waals surface area contributed by atoms with Crippen molar-refractivity contribution in [3.05, 3.63) is 30.1 Å². The molecule has 3 rings (SSSR count). The van der Waals surface area contributed by atoms with Crippen LogP contribution in [-0.4, -0.2) is 60.1 Å². The fraction of sp³-hybridized carbons (Fsp3) is 0.571. The van der Waals surface area contributed by atoms with E-state index in [1.54, 1.807) is 24.0 Å². The monoisotopic (exact) mass is 451 g/mol. The number of carbonyl (C=O) groups is 1. The molecule has 31 heavy (non-hydrogen) atoms. The van der Waals surface area contributed by atoms with E-state index in [-0.39, 0.29) is 29.5 Å². The second kappa shape index (κ2) is 9.35. The van der Waals surface area contributed by atoms with E-state index in [2.05, 4.69) is 10.1 Å². The van der Waals surface area contributed by atoms with Gasteiger partial charge in [-0.2, -0.15) is 4.98 Å². The normalized spacial score (nSPS) is 15.8. The minimum atomic E-state index is -3.25. The molecule has 0 radical (unpaired) electrons. The van der Waals surface area contributed by atoms with Crippen LogP contribution in [0.25, 0.3) is 11.5 Å². The highest BCUT2D eigenvalue weighted by atomic mass is 32.2. The van der Waals surface area contributed by atoms with E-state index in [0.29, 0.717) is 43.2 Å². The van der Waals surface area contributed by atoms with Crippen molar-refractivity contribution in [3.63, 3.8) is 0 Å². The number of piperidine rings is 1. The van der Waals surface area contributed by atoms with Gasteiger partial charge in [-0.15, -0.1) is 0 Å². The summed E-state index contributed by atoms with van der Waals surface area (Å²) in [7, 11) is -3.25. The quantitative estimate of drug-likeness (QED) is 0.656. The van der Waals surface area contributed by atoms with Gasteiger partial charge in [-0.1, -0.05) is 12.1 Å². The first-order valence-corrected chi connectivity index (χ1v) is 12.0. The molecule has 170 valence electrons. The Morgan fingerprint density at radius 2 is 1.84 bits per heavy atom. The second-order valence-electron chi connectivity index (χ2n) is 8.42. The maximum atomic E-state index is 12.1. The molecule has 1 saturated heterocycles. The van der Waals surface area contributed by atoms with Crippen LogP contribution in [0.15, 0.2) is 33.7 Å². The molecule has 0 aliphatic carbocycles. The van der Waals surface area contributed by atoms with Crippen LogP contribution < -0.4 is 0 Å². The maximum Gasteiger partial charge on any atom is 0.410 e. The summed E-state index contributed by atoms with van der Waals surface area (Å²) in [6, 6.07) is 6.36. The number of sulfone groups is 1. The summed E-state index contributed by atoms with van der Waals surface area (Å²) in [6.07, 6.45) is 1.11. The van der Waals surface area contributed by atoms with Crippen LogP contribution in [0.4, 0.5) is 4.79 Å². The predicted octanol–water partition coefficient (Wildman–Crippen LogP) is 3.45. The molecule has 1 aromatic heterocycles. The van der Waals surface area contributed by atoms with E-state index in [1.807, 2.05) is 20.8 Å². The van der Waals surface area contributed by atoms with Crippen LogP contribution in [0, 0.1) is 0 Å². The fourth-order valence-corrected chi connectivity index (χ4v) is 4.01. The van der Waals surface area contributed by atoms with Crippen molar-refractivity contribution >= 4 is 15.9 Å². The number of rotatable bonds is 6. The van der Waals surface area contributed by atoms with Gasteiger partial charge in [0.2, 0.25) is 0 Å². The Morgan fingerprint density at radius 1 is 1.19 bits per heavy atom. The number of likely N-dealkylation sites (tertiary alicyclic amines) is 1. The minimum Gasteiger partial charge on any atom is -0.444 e. The Kier molecular flexibility index (Phi) is 7.00. The van der Waals surface area contributed by atoms with Crippen molar-refractivity contribution in [1.29, 1.82) is 0 Å². The lowest BCUT2D eigenvalue weighted by Gasteiger charge is -2.33. The summed E-state index contributed by atoms with van der Waals surface area (Å²) < 4.78 is 40.4. The van der Waals surface area contributed by atoms with Crippen molar-refractivity contribution in [3.8, 4) is 11.5 Å². The fourth-order valence-electron chi connectivity index (χ4n) is 3.13. The van der Waals surface area contributed by atoms with Crippen LogP contribution in [0.3, 0.4) is 0 Å². The van der Waals surface area contributed by atoms with Crippen LogP contribution in [0.1, 0.15) is 46.4 Å². The van der Waals surface area contributed by atoms with Crippen LogP contribution in [0.5, 0.6) is 0 Å². The number of ether oxygens (including phenoxy) is 2. The van der Waals surface area contributed by atoms with E-state index < -0.39 is 15.4 Å². The number of nitrogens with zero attached hydrogens (tertiary/aromatic N) is 3. The van der Waals surface area contributed by atoms with Gasteiger partial charge in [0.25, 0.3) is 5.89 Å². The molecule has 1 aliphatic heterocycles. The Hall–Kier alpha value is -2.46. The molecule has 1 aromatic carbocycles. The summed E-state index contributed by atoms with van der Waals surface area (Å²) in [5.41, 5.74) is 0.130. The number of hydrogen-bond acceptors (Lipinski definition) is 8. The smallest absolute Gasteiger partial charge is 0.410 e. The van der Waals surface area contributed by atoms with Gasteiger partial charge in [-0.25, -0.2) is 13.2 Å². The van der Waals surface area contributed by atoms with Gasteiger partial charge in [-0.3, -0.25) is 0 Å². The third-order valence-electron chi connectivity index (χ3n) is 4.85. The highest BCUT2D eigenvalue weighted by Gasteiger charge is 2.27. The zero-order valence-electron chi connectivity index (χ0n) is 18.3. The predicted molar refractivity (Wildman–Crippen MR) is 113 cm³/mol. The van der Waals surface area contributed by atoms with Crippen molar-refractivity contribution in [1.82, 2.24) is 15.0 Å². The van der Waals surface area contributed by atoms with E-state index in [0.717, 1.165) is 0 Å². The Morgan fingerprint density at radius 3 is 2.42 bits per heavy atom. The van der Waals surface area contributed by atoms with E-state index >= 15 is 0 Å². The average Bonchev–Trinajstić information content (AvgIpc) is 3.20. The first-order chi connectivity index (χ1) is 14.6. The molecule has 1 amide bonds. The van der Waals surface area contributed by atoms with Crippen molar-refractivity contribution in [2.75, 3.05) is 18.8 Å². The molecule has 0 spiro atoms. The lowest BCUT2D eigenvalue weighted by molar-refractivity contribution is -0.0190. The average molecular weight is 452 g/mol. The van der Waals surface area contributed by atoms with Gasteiger partial charge >= 0.3 is 6.09 Å². The molecule has 0 bridgehead atoms. The number of hydrogen-bond donors (Lipinski definition) is 0. The standard InChI is InChI=1S/C21H29N3O6S/c1-5-31(26,27)17-8-6-15(7-9-17)19-22-18(23-30-19)14-28-16-10-12-24(13-11-16)20(25)29-21(2,3)4/h6-9,16H,5,10-14H2,1-4H3. The molecule has 2 heterocycles. The van der Waals surface area contributed by atoms with Crippen molar-refractivity contribution in [2.45, 2.75) is 63.7 Å². The second-order valence-corrected chi connectivity index (χ2v) is 10.7. The number of benzene rings is 1. The molecule has 10 heteroatoms. The Bertz CT molecular complexity index is 987. The summed E-state index contributed by atoms with van der Waals surface area (Å²) in [4.78, 5) is 18.4. The summed E-state index contributed by atoms with van der Waals surface area (Å²) in [6.45, 7) is 8.50. The molecule has 9 nitrogen and oxygen atoms in total. The lowest BCUT2D eigenvalue weighted by Crippen LogP contribution is -2.43. The number of aromatic nitrogens is 2. The van der Waals surface area contributed by atoms with Gasteiger partial charge < -0.3 is 18.9 Å². The summed E-state index contributed by atoms with van der Waals surface area (Å²) in [5.74, 6) is 0.763. The maximum absolute atomic E-state index is 12.1. The third-order valence-corrected chi connectivity index (χ3v) is 6.60. The first-order valence-electron chi connectivity index (χ1n) is 10.3. The molecular weight excluding hydrogens is 422 g/mol. The van der Waals surface area contributed by atoms with Gasteiger partial charge in [0, 0.05) is 18.7 Å². The number of carbonyl (C=O) groups excluding carboxylic acids is 1. The van der Waals surface area contributed by atoms with Crippen molar-refractivity contribution in [2.24, 2.45) is 0 Å². The molecule has 1 fully saturated rings. The van der Waals surface area contributed by atoms with Gasteiger partial charge in [0.05, 0.1) is 16.8 Å². The van der Waals surface area contributed by atoms with Gasteiger partial charge in [-0.05, 0) is 57.9 Å². The molecule has 0 unspecified atom stereocenters. The zero-order chi connectivity index (χ0) is 22.6. The molecule has 1 aliphatic rings. The molecule has 0 atom stereocenters. The first kappa shape index (κ1) is 23.2. The summed E-state index contributed by atoms with van der Waals surface area (Å²) >= 11 is 0. The van der Waals surface area contributed by atoms with Crippen LogP contribution in [-0.2, 0) is 25.9 Å². The molecule has 0 saturated carbocycles.